The molecule has 0 fully saturated rings. The van der Waals surface area contributed by atoms with Crippen molar-refractivity contribution in [1.82, 2.24) is 5.32 Å². The molecule has 7 heteroatoms. The fourth-order valence-corrected chi connectivity index (χ4v) is 5.59. The van der Waals surface area contributed by atoms with Gasteiger partial charge in [-0.25, -0.2) is 0 Å². The predicted molar refractivity (Wildman–Crippen MR) is 150 cm³/mol. The van der Waals surface area contributed by atoms with Crippen LogP contribution in [0.4, 0.5) is 5.69 Å². The smallest absolute Gasteiger partial charge is 0.254 e. The van der Waals surface area contributed by atoms with E-state index in [2.05, 4.69) is 10.6 Å². The van der Waals surface area contributed by atoms with E-state index in [4.69, 9.17) is 9.47 Å². The third kappa shape index (κ3) is 5.00. The van der Waals surface area contributed by atoms with Crippen LogP contribution in [0, 0.1) is 6.92 Å². The zero-order chi connectivity index (χ0) is 27.7. The molecule has 2 atom stereocenters. The molecule has 0 aromatic heterocycles. The Morgan fingerprint density at radius 1 is 0.923 bits per heavy atom. The monoisotopic (exact) mass is 524 g/mol. The molecule has 0 bridgehead atoms. The highest BCUT2D eigenvalue weighted by Crippen LogP contribution is 2.46. The summed E-state index contributed by atoms with van der Waals surface area (Å²) in [7, 11) is 3.19. The van der Waals surface area contributed by atoms with E-state index in [1.807, 2.05) is 56.3 Å². The average Bonchev–Trinajstić information content (AvgIpc) is 2.93. The van der Waals surface area contributed by atoms with Crippen LogP contribution in [-0.4, -0.2) is 31.0 Å². The summed E-state index contributed by atoms with van der Waals surface area (Å²) in [6.07, 6.45) is 0.908. The Morgan fingerprint density at radius 3 is 2.31 bits per heavy atom. The van der Waals surface area contributed by atoms with Gasteiger partial charge in [-0.05, 0) is 73.2 Å². The van der Waals surface area contributed by atoms with Gasteiger partial charge < -0.3 is 25.2 Å². The van der Waals surface area contributed by atoms with Crippen LogP contribution in [0.3, 0.4) is 0 Å². The molecule has 3 N–H and O–H groups in total. The fraction of sp³-hybridized carbons (Fsp3) is 0.250. The van der Waals surface area contributed by atoms with Crippen LogP contribution in [0.25, 0.3) is 0 Å². The summed E-state index contributed by atoms with van der Waals surface area (Å²) >= 11 is 0. The number of para-hydroxylation sites is 1. The van der Waals surface area contributed by atoms with Gasteiger partial charge in [-0.15, -0.1) is 0 Å². The minimum absolute atomic E-state index is 0.0182. The van der Waals surface area contributed by atoms with E-state index in [-0.39, 0.29) is 23.4 Å². The van der Waals surface area contributed by atoms with Gasteiger partial charge in [0.2, 0.25) is 0 Å². The lowest BCUT2D eigenvalue weighted by molar-refractivity contribution is -0.116. The number of rotatable bonds is 6. The third-order valence-electron chi connectivity index (χ3n) is 7.57. The number of hydrogen-bond donors (Lipinski definition) is 3. The van der Waals surface area contributed by atoms with Gasteiger partial charge >= 0.3 is 0 Å². The second-order valence-electron chi connectivity index (χ2n) is 9.99. The van der Waals surface area contributed by atoms with Crippen molar-refractivity contribution in [2.45, 2.75) is 38.5 Å². The Bertz CT molecular complexity index is 1500. The van der Waals surface area contributed by atoms with Crippen molar-refractivity contribution in [3.05, 3.63) is 106 Å². The van der Waals surface area contributed by atoms with E-state index in [0.29, 0.717) is 41.2 Å². The lowest BCUT2D eigenvalue weighted by atomic mass is 9.71. The number of benzene rings is 3. The number of allylic oxidation sites excluding steroid dienone is 3. The number of amides is 1. The van der Waals surface area contributed by atoms with Crippen molar-refractivity contribution < 1.29 is 24.2 Å². The molecule has 0 saturated heterocycles. The highest BCUT2D eigenvalue weighted by Gasteiger charge is 2.41. The molecule has 1 aliphatic heterocycles. The Morgan fingerprint density at radius 2 is 1.62 bits per heavy atom. The van der Waals surface area contributed by atoms with Gasteiger partial charge in [-0.1, -0.05) is 36.4 Å². The van der Waals surface area contributed by atoms with Crippen LogP contribution < -0.4 is 20.1 Å². The SMILES string of the molecule is COc1ccc([C@@H]2CC(=O)C3=C(C2)NC(C)=C(C(=O)Nc2ccccc2C)[C@H]3c2ccc(O)cc2)cc1OC. The summed E-state index contributed by atoms with van der Waals surface area (Å²) in [5.74, 6) is 0.464. The molecule has 1 amide bonds. The minimum atomic E-state index is -0.565. The molecule has 0 saturated carbocycles. The summed E-state index contributed by atoms with van der Waals surface area (Å²) in [5, 5.41) is 16.4. The number of hydrogen-bond acceptors (Lipinski definition) is 6. The largest absolute Gasteiger partial charge is 0.508 e. The number of ether oxygens (including phenoxy) is 2. The van der Waals surface area contributed by atoms with Gasteiger partial charge in [0.1, 0.15) is 5.75 Å². The van der Waals surface area contributed by atoms with E-state index in [1.165, 1.54) is 0 Å². The van der Waals surface area contributed by atoms with E-state index in [1.54, 1.807) is 38.5 Å². The van der Waals surface area contributed by atoms with Gasteiger partial charge in [0.15, 0.2) is 17.3 Å². The maximum atomic E-state index is 13.9. The van der Waals surface area contributed by atoms with Crippen LogP contribution in [0.2, 0.25) is 0 Å². The quantitative estimate of drug-likeness (QED) is 0.382. The summed E-state index contributed by atoms with van der Waals surface area (Å²) in [6, 6.07) is 20.1. The zero-order valence-corrected chi connectivity index (χ0v) is 22.5. The second-order valence-corrected chi connectivity index (χ2v) is 9.99. The number of aryl methyl sites for hydroxylation is 1. The molecule has 3 aromatic rings. The van der Waals surface area contributed by atoms with Crippen LogP contribution in [0.1, 0.15) is 48.3 Å². The van der Waals surface area contributed by atoms with Gasteiger partial charge in [-0.2, -0.15) is 0 Å². The maximum absolute atomic E-state index is 13.9. The van der Waals surface area contributed by atoms with Crippen LogP contribution in [0.5, 0.6) is 17.2 Å². The zero-order valence-electron chi connectivity index (χ0n) is 22.5. The van der Waals surface area contributed by atoms with E-state index in [0.717, 1.165) is 28.1 Å². The number of phenolic OH excluding ortho intramolecular Hbond substituents is 1. The number of aromatic hydroxyl groups is 1. The highest BCUT2D eigenvalue weighted by molar-refractivity contribution is 6.10. The summed E-state index contributed by atoms with van der Waals surface area (Å²) in [5.41, 5.74) is 6.01. The molecule has 3 aromatic carbocycles. The fourth-order valence-electron chi connectivity index (χ4n) is 5.59. The normalized spacial score (nSPS) is 18.8. The number of anilines is 1. The van der Waals surface area contributed by atoms with Crippen molar-refractivity contribution in [3.8, 4) is 17.2 Å². The van der Waals surface area contributed by atoms with Crippen molar-refractivity contribution in [1.29, 1.82) is 0 Å². The van der Waals surface area contributed by atoms with E-state index in [9.17, 15) is 14.7 Å². The van der Waals surface area contributed by atoms with E-state index < -0.39 is 5.92 Å². The first-order valence-corrected chi connectivity index (χ1v) is 12.9. The Balaban J connectivity index is 1.55. The third-order valence-corrected chi connectivity index (χ3v) is 7.57. The second kappa shape index (κ2) is 10.7. The van der Waals surface area contributed by atoms with Crippen LogP contribution in [0.15, 0.2) is 89.3 Å². The van der Waals surface area contributed by atoms with Gasteiger partial charge in [0.25, 0.3) is 5.91 Å². The van der Waals surface area contributed by atoms with Gasteiger partial charge in [0.05, 0.1) is 14.2 Å². The molecule has 0 spiro atoms. The number of ketones is 1. The van der Waals surface area contributed by atoms with Crippen LogP contribution in [-0.2, 0) is 9.59 Å². The molecule has 200 valence electrons. The number of Topliss-reactive ketones (excluding diaryl/α,β-unsaturated/α-hetero) is 1. The van der Waals surface area contributed by atoms with Gasteiger partial charge in [-0.3, -0.25) is 9.59 Å². The number of phenols is 1. The van der Waals surface area contributed by atoms with Crippen LogP contribution >= 0.6 is 0 Å². The minimum Gasteiger partial charge on any atom is -0.508 e. The van der Waals surface area contributed by atoms with Crippen molar-refractivity contribution in [2.75, 3.05) is 19.5 Å². The maximum Gasteiger partial charge on any atom is 0.254 e. The predicted octanol–water partition coefficient (Wildman–Crippen LogP) is 5.72. The number of dihydropyridines is 1. The number of nitrogens with one attached hydrogen (secondary N) is 2. The van der Waals surface area contributed by atoms with Crippen molar-refractivity contribution >= 4 is 17.4 Å². The molecule has 39 heavy (non-hydrogen) atoms. The van der Waals surface area contributed by atoms with E-state index >= 15 is 0 Å². The summed E-state index contributed by atoms with van der Waals surface area (Å²) in [4.78, 5) is 27.6. The summed E-state index contributed by atoms with van der Waals surface area (Å²) in [6.45, 7) is 3.81. The first-order valence-electron chi connectivity index (χ1n) is 12.9. The first-order chi connectivity index (χ1) is 18.8. The molecule has 1 heterocycles. The summed E-state index contributed by atoms with van der Waals surface area (Å²) < 4.78 is 10.9. The number of carbonyl (C=O) groups is 2. The topological polar surface area (TPSA) is 96.9 Å². The molecule has 0 unspecified atom stereocenters. The molecule has 1 aliphatic carbocycles. The molecule has 5 rings (SSSR count). The Labute approximate surface area is 228 Å². The Kier molecular flexibility index (Phi) is 7.15. The Hall–Kier alpha value is -4.52. The number of methoxy groups -OCH3 is 2. The molecular formula is C32H32N2O5. The first kappa shape index (κ1) is 26.1. The molecule has 2 aliphatic rings. The molecule has 0 radical (unpaired) electrons. The molecule has 7 nitrogen and oxygen atoms in total. The molecular weight excluding hydrogens is 492 g/mol. The highest BCUT2D eigenvalue weighted by atomic mass is 16.5. The number of carbonyl (C=O) groups excluding carboxylic acids is 2. The average molecular weight is 525 g/mol. The lowest BCUT2D eigenvalue weighted by Gasteiger charge is -2.37. The lowest BCUT2D eigenvalue weighted by Crippen LogP contribution is -2.37. The van der Waals surface area contributed by atoms with Crippen molar-refractivity contribution in [2.24, 2.45) is 0 Å². The van der Waals surface area contributed by atoms with Crippen molar-refractivity contribution in [3.63, 3.8) is 0 Å². The van der Waals surface area contributed by atoms with Gasteiger partial charge in [0, 0.05) is 40.6 Å². The standard InChI is InChI=1S/C32H32N2O5/c1-18-7-5-6-8-24(18)34-32(37)29-19(2)33-25-15-22(21-11-14-27(38-3)28(17-21)39-4)16-26(36)31(25)30(29)20-9-12-23(35)13-10-20/h5-14,17,22,30,33,35H,15-16H2,1-4H3,(H,34,37)/t22-,30+/m0/s1.